The van der Waals surface area contributed by atoms with Crippen molar-refractivity contribution in [1.29, 1.82) is 0 Å². The molecule has 0 aliphatic carbocycles. The lowest BCUT2D eigenvalue weighted by atomic mass is 10.1. The Morgan fingerprint density at radius 1 is 1.00 bits per heavy atom. The van der Waals surface area contributed by atoms with Gasteiger partial charge in [0.15, 0.2) is 0 Å². The average Bonchev–Trinajstić information content (AvgIpc) is 2.42. The van der Waals surface area contributed by atoms with Gasteiger partial charge in [-0.15, -0.1) is 9.24 Å². The lowest BCUT2D eigenvalue weighted by Gasteiger charge is -2.36. The molecular weight excluding hydrogens is 245 g/mol. The second kappa shape index (κ2) is 7.76. The molecule has 1 unspecified atom stereocenters. The van der Waals surface area contributed by atoms with Gasteiger partial charge >= 0.3 is 0 Å². The molecule has 0 bridgehead atoms. The van der Waals surface area contributed by atoms with Crippen LogP contribution >= 0.6 is 9.24 Å². The van der Waals surface area contributed by atoms with Crippen molar-refractivity contribution in [3.8, 4) is 0 Å². The van der Waals surface area contributed by atoms with E-state index in [1.807, 2.05) is 7.05 Å². The third-order valence-electron chi connectivity index (χ3n) is 4.09. The van der Waals surface area contributed by atoms with Crippen LogP contribution in [-0.4, -0.2) is 68.2 Å². The standard InChI is InChI=1S/C13H28N3OP/c1-14-10-15-6-2-12(3-7-15)17-13-4-8-16(11-18)9-5-13/h12-14H,2-11,18H2,1H3. The lowest BCUT2D eigenvalue weighted by Crippen LogP contribution is -2.43. The van der Waals surface area contributed by atoms with Crippen LogP contribution in [0.15, 0.2) is 0 Å². The number of hydrogen-bond donors (Lipinski definition) is 1. The van der Waals surface area contributed by atoms with E-state index in [-0.39, 0.29) is 0 Å². The Hall–Kier alpha value is 0.270. The number of nitrogens with one attached hydrogen (secondary N) is 1. The highest BCUT2D eigenvalue weighted by Gasteiger charge is 2.25. The van der Waals surface area contributed by atoms with Crippen molar-refractivity contribution in [3.63, 3.8) is 0 Å². The Morgan fingerprint density at radius 2 is 1.50 bits per heavy atom. The smallest absolute Gasteiger partial charge is 0.0603 e. The summed E-state index contributed by atoms with van der Waals surface area (Å²) in [5.74, 6) is 0. The van der Waals surface area contributed by atoms with Gasteiger partial charge in [0.25, 0.3) is 0 Å². The van der Waals surface area contributed by atoms with Gasteiger partial charge in [-0.25, -0.2) is 0 Å². The van der Waals surface area contributed by atoms with Crippen molar-refractivity contribution >= 4 is 9.24 Å². The molecule has 2 rings (SSSR count). The summed E-state index contributed by atoms with van der Waals surface area (Å²) < 4.78 is 6.27. The fourth-order valence-corrected chi connectivity index (χ4v) is 3.29. The molecule has 2 fully saturated rings. The third kappa shape index (κ3) is 4.43. The second-order valence-electron chi connectivity index (χ2n) is 5.47. The maximum atomic E-state index is 6.27. The van der Waals surface area contributed by atoms with Crippen molar-refractivity contribution in [2.75, 3.05) is 46.2 Å². The Labute approximate surface area is 114 Å². The summed E-state index contributed by atoms with van der Waals surface area (Å²) >= 11 is 0. The van der Waals surface area contributed by atoms with Gasteiger partial charge in [0.2, 0.25) is 0 Å². The summed E-state index contributed by atoms with van der Waals surface area (Å²) in [4.78, 5) is 4.96. The van der Waals surface area contributed by atoms with E-state index in [4.69, 9.17) is 4.74 Å². The van der Waals surface area contributed by atoms with Gasteiger partial charge in [-0.2, -0.15) is 0 Å². The third-order valence-corrected chi connectivity index (χ3v) is 4.61. The van der Waals surface area contributed by atoms with Gasteiger partial charge in [0, 0.05) is 39.1 Å². The molecular formula is C13H28N3OP. The van der Waals surface area contributed by atoms with E-state index in [1.165, 1.54) is 51.9 Å². The zero-order chi connectivity index (χ0) is 12.8. The fourth-order valence-electron chi connectivity index (χ4n) is 2.93. The van der Waals surface area contributed by atoms with Crippen molar-refractivity contribution in [3.05, 3.63) is 0 Å². The Morgan fingerprint density at radius 3 is 1.94 bits per heavy atom. The normalized spacial score (nSPS) is 25.7. The molecule has 0 saturated carbocycles. The zero-order valence-electron chi connectivity index (χ0n) is 11.6. The van der Waals surface area contributed by atoms with E-state index in [0.29, 0.717) is 12.2 Å². The maximum absolute atomic E-state index is 6.27. The molecule has 1 N–H and O–H groups in total. The number of hydrogen-bond acceptors (Lipinski definition) is 4. The van der Waals surface area contributed by atoms with Crippen molar-refractivity contribution in [1.82, 2.24) is 15.1 Å². The summed E-state index contributed by atoms with van der Waals surface area (Å²) in [7, 11) is 4.83. The molecule has 106 valence electrons. The minimum atomic E-state index is 0.505. The summed E-state index contributed by atoms with van der Waals surface area (Å²) in [5.41, 5.74) is 0. The quantitative estimate of drug-likeness (QED) is 0.755. The first-order chi connectivity index (χ1) is 8.81. The lowest BCUT2D eigenvalue weighted by molar-refractivity contribution is -0.0637. The van der Waals surface area contributed by atoms with Crippen LogP contribution in [0.4, 0.5) is 0 Å². The number of rotatable bonds is 5. The molecule has 0 aromatic rings. The van der Waals surface area contributed by atoms with Crippen LogP contribution in [0, 0.1) is 0 Å². The van der Waals surface area contributed by atoms with Gasteiger partial charge in [0.05, 0.1) is 12.2 Å². The summed E-state index contributed by atoms with van der Waals surface area (Å²) in [5, 5.41) is 3.22. The molecule has 0 radical (unpaired) electrons. The van der Waals surface area contributed by atoms with Crippen LogP contribution in [0.1, 0.15) is 25.7 Å². The maximum Gasteiger partial charge on any atom is 0.0603 e. The molecule has 1 atom stereocenters. The van der Waals surface area contributed by atoms with E-state index in [9.17, 15) is 0 Å². The van der Waals surface area contributed by atoms with Crippen molar-refractivity contribution in [2.45, 2.75) is 37.9 Å². The first kappa shape index (κ1) is 14.7. The largest absolute Gasteiger partial charge is 0.375 e. The Bertz CT molecular complexity index is 226. The van der Waals surface area contributed by atoms with Crippen molar-refractivity contribution < 1.29 is 4.74 Å². The molecule has 0 spiro atoms. The van der Waals surface area contributed by atoms with Crippen LogP contribution in [0.2, 0.25) is 0 Å². The summed E-state index contributed by atoms with van der Waals surface area (Å²) in [6.45, 7) is 5.77. The van der Waals surface area contributed by atoms with Gasteiger partial charge < -0.3 is 10.1 Å². The van der Waals surface area contributed by atoms with E-state index < -0.39 is 0 Å². The minimum absolute atomic E-state index is 0.505. The highest BCUT2D eigenvalue weighted by Crippen LogP contribution is 2.20. The summed E-state index contributed by atoms with van der Waals surface area (Å²) in [6.07, 6.45) is 6.95. The van der Waals surface area contributed by atoms with Crippen LogP contribution in [-0.2, 0) is 4.74 Å². The minimum Gasteiger partial charge on any atom is -0.375 e. The monoisotopic (exact) mass is 273 g/mol. The molecule has 2 saturated heterocycles. The number of nitrogens with zero attached hydrogens (tertiary/aromatic N) is 2. The van der Waals surface area contributed by atoms with E-state index in [2.05, 4.69) is 24.4 Å². The molecule has 0 aromatic heterocycles. The predicted octanol–water partition coefficient (Wildman–Crippen LogP) is 0.941. The molecule has 5 heteroatoms. The zero-order valence-corrected chi connectivity index (χ0v) is 12.8. The highest BCUT2D eigenvalue weighted by atomic mass is 31.0. The molecule has 2 aliphatic rings. The van der Waals surface area contributed by atoms with Crippen LogP contribution in [0.25, 0.3) is 0 Å². The first-order valence-electron chi connectivity index (χ1n) is 7.26. The molecule has 2 aliphatic heterocycles. The molecule has 4 nitrogen and oxygen atoms in total. The molecule has 0 amide bonds. The Balaban J connectivity index is 1.63. The Kier molecular flexibility index (Phi) is 6.33. The number of ether oxygens (including phenoxy) is 1. The van der Waals surface area contributed by atoms with Gasteiger partial charge in [0.1, 0.15) is 0 Å². The van der Waals surface area contributed by atoms with E-state index >= 15 is 0 Å². The average molecular weight is 273 g/mol. The fraction of sp³-hybridized carbons (Fsp3) is 1.00. The molecule has 2 heterocycles. The summed E-state index contributed by atoms with van der Waals surface area (Å²) in [6, 6.07) is 0. The van der Waals surface area contributed by atoms with Gasteiger partial charge in [-0.1, -0.05) is 0 Å². The van der Waals surface area contributed by atoms with Crippen LogP contribution in [0.3, 0.4) is 0 Å². The van der Waals surface area contributed by atoms with Crippen LogP contribution < -0.4 is 5.32 Å². The predicted molar refractivity (Wildman–Crippen MR) is 78.8 cm³/mol. The SMILES string of the molecule is CNCN1CCC(OC2CCN(CP)CC2)CC1. The van der Waals surface area contributed by atoms with E-state index in [0.717, 1.165) is 13.0 Å². The molecule has 18 heavy (non-hydrogen) atoms. The first-order valence-corrected chi connectivity index (χ1v) is 8.08. The number of likely N-dealkylation sites (tertiary alicyclic amines) is 2. The van der Waals surface area contributed by atoms with Gasteiger partial charge in [-0.3, -0.25) is 9.80 Å². The van der Waals surface area contributed by atoms with Crippen LogP contribution in [0.5, 0.6) is 0 Å². The highest BCUT2D eigenvalue weighted by molar-refractivity contribution is 7.16. The van der Waals surface area contributed by atoms with Crippen molar-refractivity contribution in [2.24, 2.45) is 0 Å². The topological polar surface area (TPSA) is 27.7 Å². The second-order valence-corrected chi connectivity index (χ2v) is 5.83. The number of piperidine rings is 2. The van der Waals surface area contributed by atoms with Gasteiger partial charge in [-0.05, 0) is 32.7 Å². The van der Waals surface area contributed by atoms with E-state index in [1.54, 1.807) is 0 Å². The molecule has 0 aromatic carbocycles.